The molecule has 1 heterocycles. The number of carboxylic acid groups (broad SMARTS) is 1. The molecule has 5 nitrogen and oxygen atoms in total. The van der Waals surface area contributed by atoms with Crippen LogP contribution in [0.4, 0.5) is 4.39 Å². The van der Waals surface area contributed by atoms with Gasteiger partial charge in [-0.05, 0) is 37.5 Å². The van der Waals surface area contributed by atoms with Crippen LogP contribution >= 0.6 is 0 Å². The van der Waals surface area contributed by atoms with Crippen molar-refractivity contribution >= 4 is 11.9 Å². The first-order chi connectivity index (χ1) is 10.5. The molecule has 1 aromatic carbocycles. The number of hydrogen-bond acceptors (Lipinski definition) is 3. The monoisotopic (exact) mass is 309 g/mol. The van der Waals surface area contributed by atoms with Crippen LogP contribution in [0.3, 0.4) is 0 Å². The van der Waals surface area contributed by atoms with Gasteiger partial charge in [0.25, 0.3) is 0 Å². The fourth-order valence-corrected chi connectivity index (χ4v) is 2.64. The second kappa shape index (κ2) is 7.35. The standard InChI is InChI=1S/C16H20FNO4/c1-10-13(3-2-8-22-10)15(19)18-9-14(16(20)21)11-4-6-12(17)7-5-11/h4-7,10,13-14H,2-3,8-9H2,1H3,(H,18,19)(H,20,21). The van der Waals surface area contributed by atoms with E-state index in [0.29, 0.717) is 12.2 Å². The molecule has 0 aromatic heterocycles. The fraction of sp³-hybridized carbons (Fsp3) is 0.500. The normalized spacial score (nSPS) is 22.8. The van der Waals surface area contributed by atoms with Crippen molar-refractivity contribution in [1.29, 1.82) is 0 Å². The Kier molecular flexibility index (Phi) is 5.49. The predicted octanol–water partition coefficient (Wildman–Crippen LogP) is 1.93. The van der Waals surface area contributed by atoms with Crippen molar-refractivity contribution in [1.82, 2.24) is 5.32 Å². The molecule has 0 spiro atoms. The Bertz CT molecular complexity index is 531. The summed E-state index contributed by atoms with van der Waals surface area (Å²) in [4.78, 5) is 23.5. The predicted molar refractivity (Wildman–Crippen MR) is 77.9 cm³/mol. The second-order valence-electron chi connectivity index (χ2n) is 5.51. The Morgan fingerprint density at radius 3 is 2.68 bits per heavy atom. The topological polar surface area (TPSA) is 75.6 Å². The number of halogens is 1. The van der Waals surface area contributed by atoms with E-state index >= 15 is 0 Å². The van der Waals surface area contributed by atoms with Gasteiger partial charge in [0.1, 0.15) is 5.82 Å². The number of ether oxygens (including phenoxy) is 1. The van der Waals surface area contributed by atoms with Gasteiger partial charge in [-0.2, -0.15) is 0 Å². The van der Waals surface area contributed by atoms with Crippen LogP contribution in [0.2, 0.25) is 0 Å². The maximum absolute atomic E-state index is 12.9. The van der Waals surface area contributed by atoms with Gasteiger partial charge in [0.05, 0.1) is 17.9 Å². The lowest BCUT2D eigenvalue weighted by Gasteiger charge is -2.28. The maximum atomic E-state index is 12.9. The van der Waals surface area contributed by atoms with Crippen LogP contribution in [0.25, 0.3) is 0 Å². The molecule has 3 atom stereocenters. The molecule has 3 unspecified atom stereocenters. The summed E-state index contributed by atoms with van der Waals surface area (Å²) in [7, 11) is 0. The molecule has 1 fully saturated rings. The Hall–Kier alpha value is -1.95. The largest absolute Gasteiger partial charge is 0.481 e. The summed E-state index contributed by atoms with van der Waals surface area (Å²) in [5, 5.41) is 12.0. The van der Waals surface area contributed by atoms with E-state index in [2.05, 4.69) is 5.32 Å². The molecule has 0 radical (unpaired) electrons. The number of carboxylic acids is 1. The van der Waals surface area contributed by atoms with Crippen molar-refractivity contribution < 1.29 is 23.8 Å². The second-order valence-corrected chi connectivity index (χ2v) is 5.51. The van der Waals surface area contributed by atoms with Gasteiger partial charge >= 0.3 is 5.97 Å². The van der Waals surface area contributed by atoms with Gasteiger partial charge in [0.2, 0.25) is 5.91 Å². The summed E-state index contributed by atoms with van der Waals surface area (Å²) in [5.74, 6) is -2.83. The Labute approximate surface area is 128 Å². The molecule has 1 saturated heterocycles. The minimum absolute atomic E-state index is 0.0248. The molecule has 6 heteroatoms. The van der Waals surface area contributed by atoms with E-state index in [1.54, 1.807) is 0 Å². The van der Waals surface area contributed by atoms with Gasteiger partial charge in [0.15, 0.2) is 0 Å². The fourth-order valence-electron chi connectivity index (χ4n) is 2.64. The zero-order valence-electron chi connectivity index (χ0n) is 12.4. The molecule has 0 saturated carbocycles. The van der Waals surface area contributed by atoms with Gasteiger partial charge in [-0.15, -0.1) is 0 Å². The number of aliphatic carboxylic acids is 1. The van der Waals surface area contributed by atoms with Crippen molar-refractivity contribution in [3.8, 4) is 0 Å². The number of nitrogens with one attached hydrogen (secondary N) is 1. The highest BCUT2D eigenvalue weighted by molar-refractivity contribution is 5.81. The highest BCUT2D eigenvalue weighted by atomic mass is 19.1. The number of rotatable bonds is 5. The molecule has 1 amide bonds. The zero-order chi connectivity index (χ0) is 16.1. The molecule has 120 valence electrons. The SMILES string of the molecule is CC1OCCCC1C(=O)NCC(C(=O)O)c1ccc(F)cc1. The number of carbonyl (C=O) groups excluding carboxylic acids is 1. The van der Waals surface area contributed by atoms with Gasteiger partial charge in [-0.1, -0.05) is 12.1 Å². The van der Waals surface area contributed by atoms with Crippen LogP contribution in [-0.2, 0) is 14.3 Å². The van der Waals surface area contributed by atoms with Crippen molar-refractivity contribution in [2.75, 3.05) is 13.2 Å². The van der Waals surface area contributed by atoms with Crippen LogP contribution in [-0.4, -0.2) is 36.2 Å². The van der Waals surface area contributed by atoms with E-state index in [1.807, 2.05) is 6.92 Å². The highest BCUT2D eigenvalue weighted by Crippen LogP contribution is 2.21. The summed E-state index contributed by atoms with van der Waals surface area (Å²) in [6.07, 6.45) is 1.40. The minimum Gasteiger partial charge on any atom is -0.481 e. The summed E-state index contributed by atoms with van der Waals surface area (Å²) in [5.41, 5.74) is 0.460. The number of amides is 1. The molecule has 22 heavy (non-hydrogen) atoms. The zero-order valence-corrected chi connectivity index (χ0v) is 12.4. The first-order valence-electron chi connectivity index (χ1n) is 7.36. The molecule has 2 N–H and O–H groups in total. The van der Waals surface area contributed by atoms with Crippen LogP contribution in [0.1, 0.15) is 31.2 Å². The molecule has 2 rings (SSSR count). The van der Waals surface area contributed by atoms with Gasteiger partial charge in [-0.25, -0.2) is 4.39 Å². The Morgan fingerprint density at radius 1 is 1.41 bits per heavy atom. The molecule has 1 aromatic rings. The lowest BCUT2D eigenvalue weighted by Crippen LogP contribution is -2.42. The first-order valence-corrected chi connectivity index (χ1v) is 7.36. The smallest absolute Gasteiger partial charge is 0.312 e. The summed E-state index contributed by atoms with van der Waals surface area (Å²) < 4.78 is 18.4. The molecule has 1 aliphatic heterocycles. The number of hydrogen-bond donors (Lipinski definition) is 2. The minimum atomic E-state index is -1.06. The number of benzene rings is 1. The summed E-state index contributed by atoms with van der Waals surface area (Å²) in [6.45, 7) is 2.47. The van der Waals surface area contributed by atoms with Crippen molar-refractivity contribution in [2.24, 2.45) is 5.92 Å². The quantitative estimate of drug-likeness (QED) is 0.871. The summed E-state index contributed by atoms with van der Waals surface area (Å²) in [6, 6.07) is 5.27. The van der Waals surface area contributed by atoms with Crippen LogP contribution in [0, 0.1) is 11.7 Å². The molecular weight excluding hydrogens is 289 g/mol. The van der Waals surface area contributed by atoms with Crippen molar-refractivity contribution in [2.45, 2.75) is 31.8 Å². The van der Waals surface area contributed by atoms with Gasteiger partial charge in [0, 0.05) is 13.2 Å². The van der Waals surface area contributed by atoms with E-state index in [-0.39, 0.29) is 24.5 Å². The third-order valence-corrected chi connectivity index (χ3v) is 3.99. The Morgan fingerprint density at radius 2 is 2.09 bits per heavy atom. The number of carbonyl (C=O) groups is 2. The highest BCUT2D eigenvalue weighted by Gasteiger charge is 2.29. The van der Waals surface area contributed by atoms with E-state index in [4.69, 9.17) is 4.74 Å². The molecule has 0 bridgehead atoms. The molecule has 0 aliphatic carbocycles. The lowest BCUT2D eigenvalue weighted by atomic mass is 9.93. The van der Waals surface area contributed by atoms with Gasteiger partial charge in [-0.3, -0.25) is 9.59 Å². The third-order valence-electron chi connectivity index (χ3n) is 3.99. The van der Waals surface area contributed by atoms with E-state index < -0.39 is 17.7 Å². The van der Waals surface area contributed by atoms with E-state index in [1.165, 1.54) is 24.3 Å². The van der Waals surface area contributed by atoms with E-state index in [9.17, 15) is 19.1 Å². The van der Waals surface area contributed by atoms with Crippen molar-refractivity contribution in [3.63, 3.8) is 0 Å². The average Bonchev–Trinajstić information content (AvgIpc) is 2.49. The summed E-state index contributed by atoms with van der Waals surface area (Å²) >= 11 is 0. The average molecular weight is 309 g/mol. The van der Waals surface area contributed by atoms with E-state index in [0.717, 1.165) is 12.8 Å². The Balaban J connectivity index is 1.98. The van der Waals surface area contributed by atoms with Crippen LogP contribution in [0.15, 0.2) is 24.3 Å². The van der Waals surface area contributed by atoms with Gasteiger partial charge < -0.3 is 15.2 Å². The van der Waals surface area contributed by atoms with Crippen LogP contribution < -0.4 is 5.32 Å². The first kappa shape index (κ1) is 16.4. The lowest BCUT2D eigenvalue weighted by molar-refractivity contribution is -0.139. The van der Waals surface area contributed by atoms with Crippen molar-refractivity contribution in [3.05, 3.63) is 35.6 Å². The molecule has 1 aliphatic rings. The maximum Gasteiger partial charge on any atom is 0.312 e. The van der Waals surface area contributed by atoms with Crippen LogP contribution in [0.5, 0.6) is 0 Å². The molecular formula is C16H20FNO4. The third kappa shape index (κ3) is 4.04.